The number of quaternary nitrogens is 1. The topological polar surface area (TPSA) is 105 Å². The number of aliphatic hydroxyl groups excluding tert-OH is 1. The van der Waals surface area contributed by atoms with Crippen LogP contribution in [0, 0.1) is 0 Å². The van der Waals surface area contributed by atoms with Crippen LogP contribution in [-0.2, 0) is 23.8 Å². The van der Waals surface area contributed by atoms with Gasteiger partial charge in [-0.15, -0.1) is 0 Å². The zero-order chi connectivity index (χ0) is 39.8. The number of unbranched alkanes of at least 4 members (excludes halogenated alkanes) is 8. The first-order valence-corrected chi connectivity index (χ1v) is 20.4. The van der Waals surface area contributed by atoms with E-state index < -0.39 is 18.4 Å². The number of carbonyl (C=O) groups is 2. The lowest BCUT2D eigenvalue weighted by molar-refractivity contribution is -0.870. The summed E-state index contributed by atoms with van der Waals surface area (Å²) in [6, 6.07) is 0. The Morgan fingerprint density at radius 2 is 0.981 bits per heavy atom. The van der Waals surface area contributed by atoms with E-state index in [9.17, 15) is 19.8 Å². The molecule has 0 spiro atoms. The fraction of sp³-hybridized carbons (Fsp3) is 0.609. The molecule has 0 fully saturated rings. The lowest BCUT2D eigenvalue weighted by atomic mass is 10.1. The molecule has 0 heterocycles. The van der Waals surface area contributed by atoms with Crippen LogP contribution in [0.25, 0.3) is 0 Å². The number of aliphatic hydroxyl groups is 1. The number of esters is 1. The van der Waals surface area contributed by atoms with Gasteiger partial charge in [0, 0.05) is 6.42 Å². The van der Waals surface area contributed by atoms with E-state index >= 15 is 0 Å². The Morgan fingerprint density at radius 3 is 1.41 bits per heavy atom. The Hall–Kier alpha value is -3.30. The Bertz CT molecular complexity index is 1140. The summed E-state index contributed by atoms with van der Waals surface area (Å²) in [5, 5.41) is 21.2. The maximum Gasteiger partial charge on any atom is 0.305 e. The molecule has 0 amide bonds. The third-order valence-corrected chi connectivity index (χ3v) is 8.08. The molecule has 2 unspecified atom stereocenters. The minimum absolute atomic E-state index is 0.164. The normalized spacial score (nSPS) is 14.2. The summed E-state index contributed by atoms with van der Waals surface area (Å²) in [4.78, 5) is 23.2. The monoisotopic (exact) mass is 754 g/mol. The maximum atomic E-state index is 12.0. The molecule has 0 bridgehead atoms. The number of likely N-dealkylation sites (N-methyl/N-ethyl adjacent to an activating group) is 1. The van der Waals surface area contributed by atoms with Crippen LogP contribution < -0.4 is 5.11 Å². The van der Waals surface area contributed by atoms with Gasteiger partial charge in [0.15, 0.2) is 6.29 Å². The van der Waals surface area contributed by atoms with Crippen molar-refractivity contribution in [2.75, 3.05) is 47.5 Å². The zero-order valence-electron chi connectivity index (χ0n) is 34.3. The summed E-state index contributed by atoms with van der Waals surface area (Å²) < 4.78 is 16.0. The first-order valence-electron chi connectivity index (χ1n) is 20.4. The average molecular weight is 754 g/mol. The van der Waals surface area contributed by atoms with Crippen molar-refractivity contribution in [3.05, 3.63) is 97.2 Å². The van der Waals surface area contributed by atoms with Crippen LogP contribution in [0.4, 0.5) is 0 Å². The third-order valence-electron chi connectivity index (χ3n) is 8.08. The highest BCUT2D eigenvalue weighted by Gasteiger charge is 2.17. The molecule has 0 rings (SSSR count). The molecule has 0 aromatic rings. The number of hydrogen-bond donors (Lipinski definition) is 1. The number of nitrogens with zero attached hydrogens (tertiary/aromatic N) is 1. The molecule has 0 aliphatic rings. The summed E-state index contributed by atoms with van der Waals surface area (Å²) in [5.41, 5.74) is 0. The summed E-state index contributed by atoms with van der Waals surface area (Å²) >= 11 is 0. The van der Waals surface area contributed by atoms with Crippen molar-refractivity contribution in [1.82, 2.24) is 0 Å². The fourth-order valence-electron chi connectivity index (χ4n) is 4.90. The van der Waals surface area contributed by atoms with Crippen LogP contribution >= 0.6 is 0 Å². The van der Waals surface area contributed by atoms with Crippen LogP contribution in [0.2, 0.25) is 0 Å². The summed E-state index contributed by atoms with van der Waals surface area (Å²) in [5.74, 6) is -1.89. The highest BCUT2D eigenvalue weighted by atomic mass is 16.7. The number of carbonyl (C=O) groups excluding carboxylic acids is 2. The van der Waals surface area contributed by atoms with Gasteiger partial charge in [0.25, 0.3) is 0 Å². The number of allylic oxidation sites excluding steroid dienone is 16. The molecular weight excluding hydrogens is 679 g/mol. The van der Waals surface area contributed by atoms with Gasteiger partial charge in [0.2, 0.25) is 0 Å². The smallest absolute Gasteiger partial charge is 0.305 e. The van der Waals surface area contributed by atoms with Crippen LogP contribution in [0.3, 0.4) is 0 Å². The van der Waals surface area contributed by atoms with Crippen LogP contribution in [0.15, 0.2) is 97.2 Å². The van der Waals surface area contributed by atoms with E-state index in [1.54, 1.807) is 0 Å². The molecule has 0 aromatic carbocycles. The molecular formula is C46H75NO7. The van der Waals surface area contributed by atoms with E-state index in [2.05, 4.69) is 104 Å². The van der Waals surface area contributed by atoms with E-state index in [4.69, 9.17) is 14.2 Å². The van der Waals surface area contributed by atoms with Gasteiger partial charge >= 0.3 is 5.97 Å². The van der Waals surface area contributed by atoms with Gasteiger partial charge in [-0.25, -0.2) is 0 Å². The second-order valence-electron chi connectivity index (χ2n) is 14.4. The Labute approximate surface area is 329 Å². The van der Waals surface area contributed by atoms with Crippen molar-refractivity contribution in [1.29, 1.82) is 0 Å². The highest BCUT2D eigenvalue weighted by molar-refractivity contribution is 5.69. The lowest BCUT2D eigenvalue weighted by Gasteiger charge is -2.26. The van der Waals surface area contributed by atoms with Gasteiger partial charge in [-0.1, -0.05) is 143 Å². The maximum absolute atomic E-state index is 12.0. The minimum Gasteiger partial charge on any atom is -0.545 e. The van der Waals surface area contributed by atoms with Crippen molar-refractivity contribution in [2.45, 2.75) is 135 Å². The SMILES string of the molecule is CC/C=C\C/C=C\C/C=C\C/C=C\C/C=C\C/C=C\C/C=C\C/C=C\CCCCCCCCCCC(=O)OCC(O)COC(OCC[N+](C)(C)C)C(=O)[O-]. The molecule has 2 atom stereocenters. The Kier molecular flexibility index (Phi) is 35.7. The molecule has 0 saturated carbocycles. The second kappa shape index (κ2) is 38.0. The van der Waals surface area contributed by atoms with Crippen molar-refractivity contribution in [3.8, 4) is 0 Å². The van der Waals surface area contributed by atoms with Crippen LogP contribution in [0.5, 0.6) is 0 Å². The first kappa shape index (κ1) is 50.7. The van der Waals surface area contributed by atoms with Crippen molar-refractivity contribution in [2.24, 2.45) is 0 Å². The highest BCUT2D eigenvalue weighted by Crippen LogP contribution is 2.12. The Morgan fingerprint density at radius 1 is 0.574 bits per heavy atom. The third kappa shape index (κ3) is 39.9. The molecule has 54 heavy (non-hydrogen) atoms. The summed E-state index contributed by atoms with van der Waals surface area (Å²) in [6.07, 6.45) is 51.4. The molecule has 306 valence electrons. The number of carboxylic acid groups (broad SMARTS) is 1. The van der Waals surface area contributed by atoms with Crippen molar-refractivity contribution in [3.63, 3.8) is 0 Å². The summed E-state index contributed by atoms with van der Waals surface area (Å²) in [6.45, 7) is 2.31. The van der Waals surface area contributed by atoms with Gasteiger partial charge < -0.3 is 33.7 Å². The largest absolute Gasteiger partial charge is 0.545 e. The molecule has 0 aliphatic heterocycles. The number of ether oxygens (including phenoxy) is 3. The number of carboxylic acids is 1. The van der Waals surface area contributed by atoms with Gasteiger partial charge in [-0.2, -0.15) is 0 Å². The van der Waals surface area contributed by atoms with E-state index in [1.807, 2.05) is 21.1 Å². The fourth-order valence-corrected chi connectivity index (χ4v) is 4.90. The lowest BCUT2D eigenvalue weighted by Crippen LogP contribution is -2.44. The van der Waals surface area contributed by atoms with Crippen molar-refractivity contribution < 1.29 is 38.5 Å². The van der Waals surface area contributed by atoms with E-state index in [1.165, 1.54) is 32.1 Å². The Balaban J connectivity index is 3.62. The molecule has 0 saturated heterocycles. The number of rotatable bonds is 36. The van der Waals surface area contributed by atoms with Gasteiger partial charge in [-0.05, 0) is 70.6 Å². The molecule has 8 nitrogen and oxygen atoms in total. The molecule has 1 N–H and O–H groups in total. The average Bonchev–Trinajstić information content (AvgIpc) is 3.13. The van der Waals surface area contributed by atoms with E-state index in [0.717, 1.165) is 77.0 Å². The first-order chi connectivity index (χ1) is 26.2. The predicted octanol–water partition coefficient (Wildman–Crippen LogP) is 9.20. The standard InChI is InChI=1S/C46H75NO7/c1-5-6-7-8-9-10-11-12-13-14-15-16-17-18-19-20-21-22-23-24-25-26-27-28-29-30-31-32-33-34-35-36-37-38-44(49)53-41-43(48)42-54-46(45(50)51)52-40-39-47(2,3)4/h6-7,9-10,12-13,15-16,18-19,21-22,24-25,27-28,43,46,48H,5,8,11,14,17,20,23,26,29-42H2,1-4H3/b7-6-,10-9-,13-12-,16-15-,19-18-,22-21-,25-24-,28-27-. The van der Waals surface area contributed by atoms with E-state index in [-0.39, 0.29) is 25.8 Å². The zero-order valence-corrected chi connectivity index (χ0v) is 34.3. The molecule has 0 aromatic heterocycles. The van der Waals surface area contributed by atoms with Crippen LogP contribution in [0.1, 0.15) is 122 Å². The van der Waals surface area contributed by atoms with Crippen LogP contribution in [-0.4, -0.2) is 81.4 Å². The van der Waals surface area contributed by atoms with Crippen molar-refractivity contribution >= 4 is 11.9 Å². The van der Waals surface area contributed by atoms with Gasteiger partial charge in [0.1, 0.15) is 19.3 Å². The number of hydrogen-bond acceptors (Lipinski definition) is 7. The second-order valence-corrected chi connectivity index (χ2v) is 14.4. The van der Waals surface area contributed by atoms with Gasteiger partial charge in [0.05, 0.1) is 40.3 Å². The molecule has 0 radical (unpaired) electrons. The van der Waals surface area contributed by atoms with Gasteiger partial charge in [-0.3, -0.25) is 4.79 Å². The number of aliphatic carboxylic acids is 1. The molecule has 0 aliphatic carbocycles. The predicted molar refractivity (Wildman–Crippen MR) is 222 cm³/mol. The molecule has 8 heteroatoms. The van der Waals surface area contributed by atoms with E-state index in [0.29, 0.717) is 17.4 Å². The summed E-state index contributed by atoms with van der Waals surface area (Å²) in [7, 11) is 5.86. The minimum atomic E-state index is -1.58. The quantitative estimate of drug-likeness (QED) is 0.0224.